The summed E-state index contributed by atoms with van der Waals surface area (Å²) < 4.78 is 2.13. The fraction of sp³-hybridized carbons (Fsp3) is 0.250. The number of aromatic amines is 1. The van der Waals surface area contributed by atoms with Crippen LogP contribution in [0.3, 0.4) is 0 Å². The lowest BCUT2D eigenvalue weighted by Gasteiger charge is -2.18. The van der Waals surface area contributed by atoms with Gasteiger partial charge >= 0.3 is 0 Å². The van der Waals surface area contributed by atoms with Crippen molar-refractivity contribution < 1.29 is 0 Å². The normalized spacial score (nSPS) is 12.0. The molecule has 0 unspecified atom stereocenters. The molecule has 0 spiro atoms. The van der Waals surface area contributed by atoms with Crippen molar-refractivity contribution in [3.8, 4) is 11.4 Å². The van der Waals surface area contributed by atoms with Crippen LogP contribution in [0, 0.1) is 11.7 Å². The van der Waals surface area contributed by atoms with Crippen molar-refractivity contribution in [2.45, 2.75) is 33.1 Å². The molecule has 0 bridgehead atoms. The van der Waals surface area contributed by atoms with Gasteiger partial charge in [-0.3, -0.25) is 0 Å². The van der Waals surface area contributed by atoms with Gasteiger partial charge in [-0.25, -0.2) is 5.10 Å². The fourth-order valence-corrected chi connectivity index (χ4v) is 2.74. The van der Waals surface area contributed by atoms with E-state index in [4.69, 9.17) is 12.2 Å². The molecule has 1 N–H and O–H groups in total. The molecule has 0 aliphatic carbocycles. The summed E-state index contributed by atoms with van der Waals surface area (Å²) in [5, 5.41) is 11.7. The zero-order chi connectivity index (χ0) is 18.0. The molecule has 0 aliphatic rings. The van der Waals surface area contributed by atoms with E-state index in [1.54, 1.807) is 10.9 Å². The van der Waals surface area contributed by atoms with E-state index in [-0.39, 0.29) is 5.41 Å². The quantitative estimate of drug-likeness (QED) is 0.528. The average molecular weight is 350 g/mol. The highest BCUT2D eigenvalue weighted by Gasteiger charge is 2.12. The molecule has 0 radical (unpaired) electrons. The van der Waals surface area contributed by atoms with E-state index in [0.717, 1.165) is 11.1 Å². The van der Waals surface area contributed by atoms with Crippen molar-refractivity contribution in [1.82, 2.24) is 14.9 Å². The molecular weight excluding hydrogens is 328 g/mol. The standard InChI is InChI=1S/C20H22N4S/c1-14-6-5-7-16(12-14)18-22-23-19(25)24(18)21-13-15-8-10-17(11-9-15)20(2,3)4/h5-13H,1-4H3,(H,23,25)/b21-13+. The minimum absolute atomic E-state index is 0.140. The Morgan fingerprint density at radius 1 is 1.12 bits per heavy atom. The molecule has 5 heteroatoms. The molecule has 0 atom stereocenters. The zero-order valence-electron chi connectivity index (χ0n) is 14.9. The number of H-pyrrole nitrogens is 1. The average Bonchev–Trinajstić information content (AvgIpc) is 2.93. The Labute approximate surface area is 153 Å². The van der Waals surface area contributed by atoms with Crippen LogP contribution in [0.4, 0.5) is 0 Å². The molecule has 0 aliphatic heterocycles. The third-order valence-corrected chi connectivity index (χ3v) is 4.29. The molecule has 0 saturated heterocycles. The highest BCUT2D eigenvalue weighted by atomic mass is 32.1. The van der Waals surface area contributed by atoms with E-state index >= 15 is 0 Å². The van der Waals surface area contributed by atoms with E-state index in [1.165, 1.54) is 11.1 Å². The maximum Gasteiger partial charge on any atom is 0.216 e. The number of hydrogen-bond acceptors (Lipinski definition) is 3. The summed E-state index contributed by atoms with van der Waals surface area (Å²) in [4.78, 5) is 0. The molecule has 1 heterocycles. The van der Waals surface area contributed by atoms with Gasteiger partial charge in [-0.15, -0.1) is 0 Å². The molecule has 0 amide bonds. The van der Waals surface area contributed by atoms with Crippen LogP contribution < -0.4 is 0 Å². The second kappa shape index (κ2) is 6.76. The second-order valence-electron chi connectivity index (χ2n) is 7.15. The van der Waals surface area contributed by atoms with Crippen molar-refractivity contribution in [1.29, 1.82) is 0 Å². The Morgan fingerprint density at radius 3 is 2.48 bits per heavy atom. The molecule has 25 heavy (non-hydrogen) atoms. The highest BCUT2D eigenvalue weighted by molar-refractivity contribution is 7.71. The smallest absolute Gasteiger partial charge is 0.216 e. The highest BCUT2D eigenvalue weighted by Crippen LogP contribution is 2.22. The van der Waals surface area contributed by atoms with Crippen LogP contribution >= 0.6 is 12.2 Å². The predicted octanol–water partition coefficient (Wildman–Crippen LogP) is 5.10. The fourth-order valence-electron chi connectivity index (χ4n) is 2.56. The number of aryl methyl sites for hydroxylation is 1. The summed E-state index contributed by atoms with van der Waals surface area (Å²) in [6.45, 7) is 8.66. The Balaban J connectivity index is 1.92. The largest absolute Gasteiger partial charge is 0.250 e. The third kappa shape index (κ3) is 3.94. The molecule has 3 rings (SSSR count). The first-order valence-electron chi connectivity index (χ1n) is 8.24. The van der Waals surface area contributed by atoms with E-state index in [2.05, 4.69) is 79.4 Å². The number of benzene rings is 2. The summed E-state index contributed by atoms with van der Waals surface area (Å²) >= 11 is 5.32. The Hall–Kier alpha value is -2.53. The number of hydrogen-bond donors (Lipinski definition) is 1. The Morgan fingerprint density at radius 2 is 1.84 bits per heavy atom. The topological polar surface area (TPSA) is 46.0 Å². The van der Waals surface area contributed by atoms with Crippen LogP contribution in [0.5, 0.6) is 0 Å². The molecule has 0 fully saturated rings. The molecule has 1 aromatic heterocycles. The van der Waals surface area contributed by atoms with Gasteiger partial charge in [-0.1, -0.05) is 68.8 Å². The van der Waals surface area contributed by atoms with Crippen molar-refractivity contribution >= 4 is 18.4 Å². The van der Waals surface area contributed by atoms with Gasteiger partial charge in [0.25, 0.3) is 0 Å². The molecular formula is C20H22N4S. The van der Waals surface area contributed by atoms with Crippen LogP contribution in [0.2, 0.25) is 0 Å². The number of aromatic nitrogens is 3. The minimum atomic E-state index is 0.140. The van der Waals surface area contributed by atoms with Crippen LogP contribution in [0.25, 0.3) is 11.4 Å². The summed E-state index contributed by atoms with van der Waals surface area (Å²) in [6, 6.07) is 16.5. The van der Waals surface area contributed by atoms with Gasteiger partial charge in [0, 0.05) is 5.56 Å². The van der Waals surface area contributed by atoms with E-state index in [1.807, 2.05) is 12.1 Å². The first-order valence-corrected chi connectivity index (χ1v) is 8.65. The maximum absolute atomic E-state index is 5.32. The summed E-state index contributed by atoms with van der Waals surface area (Å²) in [5.41, 5.74) is 4.60. The van der Waals surface area contributed by atoms with Crippen molar-refractivity contribution in [2.24, 2.45) is 5.10 Å². The maximum atomic E-state index is 5.32. The van der Waals surface area contributed by atoms with Gasteiger partial charge in [0.1, 0.15) is 0 Å². The monoisotopic (exact) mass is 350 g/mol. The number of nitrogens with zero attached hydrogens (tertiary/aromatic N) is 3. The Bertz CT molecular complexity index is 956. The van der Waals surface area contributed by atoms with Crippen LogP contribution in [0.15, 0.2) is 53.6 Å². The summed E-state index contributed by atoms with van der Waals surface area (Å²) in [5.74, 6) is 0.705. The van der Waals surface area contributed by atoms with Gasteiger partial charge in [0.2, 0.25) is 4.77 Å². The van der Waals surface area contributed by atoms with Crippen molar-refractivity contribution in [3.63, 3.8) is 0 Å². The number of nitrogens with one attached hydrogen (secondary N) is 1. The molecule has 2 aromatic carbocycles. The van der Waals surface area contributed by atoms with Crippen LogP contribution in [-0.2, 0) is 5.41 Å². The first-order chi connectivity index (χ1) is 11.8. The lowest BCUT2D eigenvalue weighted by Crippen LogP contribution is -2.10. The molecule has 3 aromatic rings. The molecule has 4 nitrogen and oxygen atoms in total. The second-order valence-corrected chi connectivity index (χ2v) is 7.54. The summed E-state index contributed by atoms with van der Waals surface area (Å²) in [7, 11) is 0. The van der Waals surface area contributed by atoms with Gasteiger partial charge in [0.05, 0.1) is 6.21 Å². The van der Waals surface area contributed by atoms with Gasteiger partial charge in [-0.05, 0) is 41.7 Å². The van der Waals surface area contributed by atoms with E-state index in [9.17, 15) is 0 Å². The predicted molar refractivity (Wildman–Crippen MR) is 106 cm³/mol. The zero-order valence-corrected chi connectivity index (χ0v) is 15.8. The van der Waals surface area contributed by atoms with Crippen LogP contribution in [0.1, 0.15) is 37.5 Å². The summed E-state index contributed by atoms with van der Waals surface area (Å²) in [6.07, 6.45) is 1.80. The number of rotatable bonds is 3. The molecule has 128 valence electrons. The van der Waals surface area contributed by atoms with Crippen molar-refractivity contribution in [2.75, 3.05) is 0 Å². The van der Waals surface area contributed by atoms with Crippen LogP contribution in [-0.4, -0.2) is 21.1 Å². The lowest BCUT2D eigenvalue weighted by molar-refractivity contribution is 0.590. The minimum Gasteiger partial charge on any atom is -0.250 e. The Kier molecular flexibility index (Phi) is 4.68. The van der Waals surface area contributed by atoms with Gasteiger partial charge < -0.3 is 0 Å². The third-order valence-electron chi connectivity index (χ3n) is 4.03. The van der Waals surface area contributed by atoms with E-state index in [0.29, 0.717) is 10.6 Å². The van der Waals surface area contributed by atoms with Gasteiger partial charge in [-0.2, -0.15) is 14.9 Å². The van der Waals surface area contributed by atoms with E-state index < -0.39 is 0 Å². The SMILES string of the molecule is Cc1cccc(-c2n[nH]c(=S)n2/N=C/c2ccc(C(C)(C)C)cc2)c1. The molecule has 0 saturated carbocycles. The van der Waals surface area contributed by atoms with Crippen molar-refractivity contribution in [3.05, 3.63) is 70.0 Å². The lowest BCUT2D eigenvalue weighted by atomic mass is 9.87. The van der Waals surface area contributed by atoms with Gasteiger partial charge in [0.15, 0.2) is 5.82 Å². The first kappa shape index (κ1) is 17.3.